The lowest BCUT2D eigenvalue weighted by atomic mass is 10.1. The summed E-state index contributed by atoms with van der Waals surface area (Å²) >= 11 is 0. The molecule has 0 aliphatic heterocycles. The standard InChI is InChI=1S/C9H18N4/c1-7-9(8(2)13-12-7)3-5-11-6-4-10/h11H,3-6,10H2,1-2H3,(H,12,13). The van der Waals surface area contributed by atoms with E-state index in [4.69, 9.17) is 5.73 Å². The molecule has 0 aliphatic carbocycles. The SMILES string of the molecule is Cc1n[nH]c(C)c1CCNCCN. The fraction of sp³-hybridized carbons (Fsp3) is 0.667. The Kier molecular flexibility index (Phi) is 3.92. The van der Waals surface area contributed by atoms with Crippen LogP contribution in [0.25, 0.3) is 0 Å². The van der Waals surface area contributed by atoms with Crippen LogP contribution in [0, 0.1) is 13.8 Å². The van der Waals surface area contributed by atoms with E-state index in [0.717, 1.165) is 25.2 Å². The van der Waals surface area contributed by atoms with Crippen molar-refractivity contribution >= 4 is 0 Å². The van der Waals surface area contributed by atoms with Gasteiger partial charge in [0.25, 0.3) is 0 Å². The Labute approximate surface area is 78.9 Å². The molecule has 0 amide bonds. The molecule has 0 spiro atoms. The molecule has 13 heavy (non-hydrogen) atoms. The minimum atomic E-state index is 0.698. The molecule has 1 aromatic rings. The van der Waals surface area contributed by atoms with Crippen molar-refractivity contribution in [3.05, 3.63) is 17.0 Å². The van der Waals surface area contributed by atoms with E-state index in [1.54, 1.807) is 0 Å². The quantitative estimate of drug-likeness (QED) is 0.566. The Morgan fingerprint density at radius 2 is 2.15 bits per heavy atom. The van der Waals surface area contributed by atoms with Gasteiger partial charge in [-0.25, -0.2) is 0 Å². The van der Waals surface area contributed by atoms with Gasteiger partial charge < -0.3 is 11.1 Å². The number of H-pyrrole nitrogens is 1. The van der Waals surface area contributed by atoms with E-state index >= 15 is 0 Å². The smallest absolute Gasteiger partial charge is 0.0626 e. The summed E-state index contributed by atoms with van der Waals surface area (Å²) in [4.78, 5) is 0. The molecule has 74 valence electrons. The summed E-state index contributed by atoms with van der Waals surface area (Å²) in [5.74, 6) is 0. The molecule has 0 radical (unpaired) electrons. The van der Waals surface area contributed by atoms with Gasteiger partial charge in [0.2, 0.25) is 0 Å². The van der Waals surface area contributed by atoms with Crippen LogP contribution in [0.1, 0.15) is 17.0 Å². The van der Waals surface area contributed by atoms with Crippen LogP contribution in [-0.4, -0.2) is 29.8 Å². The fourth-order valence-electron chi connectivity index (χ4n) is 1.38. The van der Waals surface area contributed by atoms with E-state index in [0.29, 0.717) is 6.54 Å². The van der Waals surface area contributed by atoms with Crippen LogP contribution in [0.3, 0.4) is 0 Å². The average Bonchev–Trinajstić information content (AvgIpc) is 2.42. The normalized spacial score (nSPS) is 10.7. The maximum absolute atomic E-state index is 5.37. The molecule has 0 saturated heterocycles. The van der Waals surface area contributed by atoms with Gasteiger partial charge in [-0.2, -0.15) is 5.10 Å². The van der Waals surface area contributed by atoms with E-state index in [2.05, 4.69) is 22.4 Å². The van der Waals surface area contributed by atoms with Gasteiger partial charge in [-0.15, -0.1) is 0 Å². The zero-order chi connectivity index (χ0) is 9.68. The Morgan fingerprint density at radius 3 is 2.69 bits per heavy atom. The van der Waals surface area contributed by atoms with E-state index in [1.807, 2.05) is 6.92 Å². The molecule has 4 nitrogen and oxygen atoms in total. The van der Waals surface area contributed by atoms with Crippen molar-refractivity contribution in [2.75, 3.05) is 19.6 Å². The van der Waals surface area contributed by atoms with Gasteiger partial charge in [-0.3, -0.25) is 5.10 Å². The molecule has 0 aromatic carbocycles. The third-order valence-corrected chi connectivity index (χ3v) is 2.15. The van der Waals surface area contributed by atoms with Gasteiger partial charge in [0.1, 0.15) is 0 Å². The van der Waals surface area contributed by atoms with Crippen LogP contribution < -0.4 is 11.1 Å². The topological polar surface area (TPSA) is 66.7 Å². The zero-order valence-corrected chi connectivity index (χ0v) is 8.35. The lowest BCUT2D eigenvalue weighted by Gasteiger charge is -2.02. The van der Waals surface area contributed by atoms with Crippen LogP contribution >= 0.6 is 0 Å². The first-order valence-electron chi connectivity index (χ1n) is 4.67. The summed E-state index contributed by atoms with van der Waals surface area (Å²) in [7, 11) is 0. The van der Waals surface area contributed by atoms with Crippen LogP contribution in [0.2, 0.25) is 0 Å². The highest BCUT2D eigenvalue weighted by Crippen LogP contribution is 2.08. The summed E-state index contributed by atoms with van der Waals surface area (Å²) in [6.07, 6.45) is 1.02. The molecule has 0 unspecified atom stereocenters. The second kappa shape index (κ2) is 4.99. The first-order chi connectivity index (χ1) is 6.25. The second-order valence-electron chi connectivity index (χ2n) is 3.20. The van der Waals surface area contributed by atoms with Crippen LogP contribution in [-0.2, 0) is 6.42 Å². The van der Waals surface area contributed by atoms with Crippen molar-refractivity contribution in [1.82, 2.24) is 15.5 Å². The molecular weight excluding hydrogens is 164 g/mol. The van der Waals surface area contributed by atoms with Crippen molar-refractivity contribution < 1.29 is 0 Å². The number of nitrogens with one attached hydrogen (secondary N) is 2. The molecular formula is C9H18N4. The summed E-state index contributed by atoms with van der Waals surface area (Å²) < 4.78 is 0. The van der Waals surface area contributed by atoms with Gasteiger partial charge >= 0.3 is 0 Å². The van der Waals surface area contributed by atoms with Gasteiger partial charge in [0.05, 0.1) is 5.69 Å². The lowest BCUT2D eigenvalue weighted by molar-refractivity contribution is 0.686. The zero-order valence-electron chi connectivity index (χ0n) is 8.35. The van der Waals surface area contributed by atoms with Crippen molar-refractivity contribution in [3.8, 4) is 0 Å². The van der Waals surface area contributed by atoms with E-state index in [9.17, 15) is 0 Å². The van der Waals surface area contributed by atoms with Crippen molar-refractivity contribution in [2.45, 2.75) is 20.3 Å². The lowest BCUT2D eigenvalue weighted by Crippen LogP contribution is -2.24. The summed E-state index contributed by atoms with van der Waals surface area (Å²) in [6, 6.07) is 0. The number of aryl methyl sites for hydroxylation is 2. The summed E-state index contributed by atoms with van der Waals surface area (Å²) in [5.41, 5.74) is 8.97. The van der Waals surface area contributed by atoms with Gasteiger partial charge in [-0.05, 0) is 32.4 Å². The highest BCUT2D eigenvalue weighted by molar-refractivity contribution is 5.23. The monoisotopic (exact) mass is 182 g/mol. The van der Waals surface area contributed by atoms with Crippen LogP contribution in [0.4, 0.5) is 0 Å². The second-order valence-corrected chi connectivity index (χ2v) is 3.20. The number of hydrogen-bond acceptors (Lipinski definition) is 3. The molecule has 0 saturated carbocycles. The first kappa shape index (κ1) is 10.2. The number of rotatable bonds is 5. The fourth-order valence-corrected chi connectivity index (χ4v) is 1.38. The molecule has 4 heteroatoms. The Balaban J connectivity index is 2.36. The number of nitrogens with zero attached hydrogens (tertiary/aromatic N) is 1. The summed E-state index contributed by atoms with van der Waals surface area (Å²) in [6.45, 7) is 6.64. The Bertz CT molecular complexity index is 235. The van der Waals surface area contributed by atoms with Crippen LogP contribution in [0.5, 0.6) is 0 Å². The molecule has 1 heterocycles. The van der Waals surface area contributed by atoms with Crippen molar-refractivity contribution in [3.63, 3.8) is 0 Å². The maximum Gasteiger partial charge on any atom is 0.0626 e. The van der Waals surface area contributed by atoms with E-state index < -0.39 is 0 Å². The minimum Gasteiger partial charge on any atom is -0.329 e. The Hall–Kier alpha value is -0.870. The average molecular weight is 182 g/mol. The molecule has 0 fully saturated rings. The van der Waals surface area contributed by atoms with E-state index in [1.165, 1.54) is 11.3 Å². The Morgan fingerprint density at radius 1 is 1.38 bits per heavy atom. The van der Waals surface area contributed by atoms with E-state index in [-0.39, 0.29) is 0 Å². The molecule has 0 atom stereocenters. The number of hydrogen-bond donors (Lipinski definition) is 3. The largest absolute Gasteiger partial charge is 0.329 e. The third-order valence-electron chi connectivity index (χ3n) is 2.15. The minimum absolute atomic E-state index is 0.698. The van der Waals surface area contributed by atoms with Crippen LogP contribution in [0.15, 0.2) is 0 Å². The number of nitrogens with two attached hydrogens (primary N) is 1. The van der Waals surface area contributed by atoms with Gasteiger partial charge in [0.15, 0.2) is 0 Å². The highest BCUT2D eigenvalue weighted by atomic mass is 15.1. The molecule has 0 aliphatic rings. The van der Waals surface area contributed by atoms with Gasteiger partial charge in [-0.1, -0.05) is 0 Å². The van der Waals surface area contributed by atoms with Crippen molar-refractivity contribution in [2.24, 2.45) is 5.73 Å². The number of aromatic amines is 1. The third kappa shape index (κ3) is 2.82. The van der Waals surface area contributed by atoms with Gasteiger partial charge in [0, 0.05) is 18.8 Å². The molecule has 0 bridgehead atoms. The van der Waals surface area contributed by atoms with Crippen molar-refractivity contribution in [1.29, 1.82) is 0 Å². The molecule has 1 aromatic heterocycles. The first-order valence-corrected chi connectivity index (χ1v) is 4.67. The highest BCUT2D eigenvalue weighted by Gasteiger charge is 2.04. The number of aromatic nitrogens is 2. The molecule has 4 N–H and O–H groups in total. The maximum atomic E-state index is 5.37. The predicted octanol–water partition coefficient (Wildman–Crippen LogP) is 0.117. The summed E-state index contributed by atoms with van der Waals surface area (Å²) in [5, 5.41) is 10.4. The molecule has 1 rings (SSSR count). The predicted molar refractivity (Wildman–Crippen MR) is 53.7 cm³/mol.